The number of nitrogens with zero attached hydrogens (tertiary/aromatic N) is 2. The molecular weight excluding hydrogens is 269 g/mol. The number of hydrogen-bond donors (Lipinski definition) is 1. The summed E-state index contributed by atoms with van der Waals surface area (Å²) in [5.41, 5.74) is 1.19. The molecule has 1 aromatic heterocycles. The predicted molar refractivity (Wildman–Crippen MR) is 78.8 cm³/mol. The molecule has 1 atom stereocenters. The summed E-state index contributed by atoms with van der Waals surface area (Å²) in [4.78, 5) is 19.7. The van der Waals surface area contributed by atoms with Crippen LogP contribution in [0, 0.1) is 5.82 Å². The van der Waals surface area contributed by atoms with Gasteiger partial charge in [0.2, 0.25) is 5.91 Å². The highest BCUT2D eigenvalue weighted by Crippen LogP contribution is 2.09. The average Bonchev–Trinajstić information content (AvgIpc) is 2.48. The molecule has 0 radical (unpaired) electrons. The number of benzene rings is 1. The van der Waals surface area contributed by atoms with E-state index < -0.39 is 0 Å². The monoisotopic (exact) mass is 285 g/mol. The normalized spacial score (nSPS) is 12.3. The molecule has 0 saturated heterocycles. The Labute approximate surface area is 122 Å². The van der Waals surface area contributed by atoms with Crippen molar-refractivity contribution in [2.45, 2.75) is 19.4 Å². The molecule has 0 saturated carbocycles. The largest absolute Gasteiger partial charge is 0.350 e. The maximum Gasteiger partial charge on any atom is 0.244 e. The number of amides is 1. The van der Waals surface area contributed by atoms with E-state index in [4.69, 9.17) is 0 Å². The fourth-order valence-corrected chi connectivity index (χ4v) is 1.89. The first-order valence-electron chi connectivity index (χ1n) is 6.63. The molecule has 0 spiro atoms. The van der Waals surface area contributed by atoms with Gasteiger partial charge in [-0.05, 0) is 31.1 Å². The Morgan fingerprint density at radius 1 is 1.38 bits per heavy atom. The van der Waals surface area contributed by atoms with E-state index in [1.54, 1.807) is 42.9 Å². The van der Waals surface area contributed by atoms with E-state index in [1.165, 1.54) is 12.1 Å². The van der Waals surface area contributed by atoms with Gasteiger partial charge in [-0.1, -0.05) is 18.2 Å². The number of hydrogen-bond acceptors (Lipinski definition) is 3. The van der Waals surface area contributed by atoms with Crippen LogP contribution in [0.4, 0.5) is 4.39 Å². The maximum absolute atomic E-state index is 13.5. The molecule has 1 aromatic carbocycles. The highest BCUT2D eigenvalue weighted by Gasteiger charge is 2.08. The summed E-state index contributed by atoms with van der Waals surface area (Å²) in [6.07, 6.45) is 8.09. The zero-order valence-corrected chi connectivity index (χ0v) is 11.7. The highest BCUT2D eigenvalue weighted by molar-refractivity contribution is 5.91. The smallest absolute Gasteiger partial charge is 0.244 e. The molecule has 4 nitrogen and oxygen atoms in total. The SMILES string of the molecule is CC(Cc1ccccc1F)NC(=O)/C=C/c1cnccn1. The quantitative estimate of drug-likeness (QED) is 0.858. The Bertz CT molecular complexity index is 628. The summed E-state index contributed by atoms with van der Waals surface area (Å²) in [7, 11) is 0. The van der Waals surface area contributed by atoms with Gasteiger partial charge < -0.3 is 5.32 Å². The molecule has 21 heavy (non-hydrogen) atoms. The van der Waals surface area contributed by atoms with Crippen LogP contribution in [0.5, 0.6) is 0 Å². The molecule has 1 N–H and O–H groups in total. The second kappa shape index (κ2) is 7.28. The van der Waals surface area contributed by atoms with Gasteiger partial charge >= 0.3 is 0 Å². The van der Waals surface area contributed by atoms with Gasteiger partial charge in [-0.3, -0.25) is 14.8 Å². The molecule has 1 unspecified atom stereocenters. The third-order valence-corrected chi connectivity index (χ3v) is 2.86. The minimum Gasteiger partial charge on any atom is -0.350 e. The molecule has 1 heterocycles. The van der Waals surface area contributed by atoms with Crippen molar-refractivity contribution in [3.63, 3.8) is 0 Å². The van der Waals surface area contributed by atoms with Crippen molar-refractivity contribution in [2.24, 2.45) is 0 Å². The summed E-state index contributed by atoms with van der Waals surface area (Å²) < 4.78 is 13.5. The lowest BCUT2D eigenvalue weighted by molar-refractivity contribution is -0.117. The van der Waals surface area contributed by atoms with Gasteiger partial charge in [0.05, 0.1) is 11.9 Å². The van der Waals surface area contributed by atoms with Crippen LogP contribution in [0.2, 0.25) is 0 Å². The van der Waals surface area contributed by atoms with E-state index in [1.807, 2.05) is 6.92 Å². The third-order valence-electron chi connectivity index (χ3n) is 2.86. The molecule has 0 bridgehead atoms. The number of carbonyl (C=O) groups is 1. The first kappa shape index (κ1) is 14.8. The Kier molecular flexibility index (Phi) is 5.15. The lowest BCUT2D eigenvalue weighted by Gasteiger charge is -2.12. The summed E-state index contributed by atoms with van der Waals surface area (Å²) >= 11 is 0. The van der Waals surface area contributed by atoms with Crippen LogP contribution in [0.3, 0.4) is 0 Å². The zero-order chi connectivity index (χ0) is 15.1. The first-order chi connectivity index (χ1) is 10.1. The fraction of sp³-hybridized carbons (Fsp3) is 0.188. The number of nitrogens with one attached hydrogen (secondary N) is 1. The fourth-order valence-electron chi connectivity index (χ4n) is 1.89. The second-order valence-corrected chi connectivity index (χ2v) is 4.67. The molecular formula is C16H16FN3O. The molecule has 0 aliphatic rings. The van der Waals surface area contributed by atoms with Crippen molar-refractivity contribution in [2.75, 3.05) is 0 Å². The Morgan fingerprint density at radius 2 is 2.19 bits per heavy atom. The van der Waals surface area contributed by atoms with E-state index in [9.17, 15) is 9.18 Å². The highest BCUT2D eigenvalue weighted by atomic mass is 19.1. The molecule has 5 heteroatoms. The number of halogens is 1. The van der Waals surface area contributed by atoms with Crippen LogP contribution in [0.1, 0.15) is 18.2 Å². The average molecular weight is 285 g/mol. The van der Waals surface area contributed by atoms with Crippen molar-refractivity contribution in [3.8, 4) is 0 Å². The summed E-state index contributed by atoms with van der Waals surface area (Å²) in [6.45, 7) is 1.83. The molecule has 1 amide bonds. The third kappa shape index (κ3) is 4.80. The van der Waals surface area contributed by atoms with Crippen LogP contribution < -0.4 is 5.32 Å². The number of aromatic nitrogens is 2. The predicted octanol–water partition coefficient (Wildman–Crippen LogP) is 2.38. The van der Waals surface area contributed by atoms with Crippen molar-refractivity contribution < 1.29 is 9.18 Å². The van der Waals surface area contributed by atoms with Crippen LogP contribution in [-0.2, 0) is 11.2 Å². The lowest BCUT2D eigenvalue weighted by Crippen LogP contribution is -2.32. The minimum absolute atomic E-state index is 0.166. The number of rotatable bonds is 5. The maximum atomic E-state index is 13.5. The van der Waals surface area contributed by atoms with E-state index >= 15 is 0 Å². The minimum atomic E-state index is -0.256. The number of carbonyl (C=O) groups excluding carboxylic acids is 1. The van der Waals surface area contributed by atoms with Crippen molar-refractivity contribution >= 4 is 12.0 Å². The first-order valence-corrected chi connectivity index (χ1v) is 6.63. The van der Waals surface area contributed by atoms with Gasteiger partial charge in [-0.15, -0.1) is 0 Å². The summed E-state index contributed by atoms with van der Waals surface area (Å²) in [5.74, 6) is -0.502. The summed E-state index contributed by atoms with van der Waals surface area (Å²) in [6, 6.07) is 6.39. The van der Waals surface area contributed by atoms with Crippen LogP contribution in [0.15, 0.2) is 48.9 Å². The van der Waals surface area contributed by atoms with Gasteiger partial charge in [0.1, 0.15) is 5.82 Å². The Hall–Kier alpha value is -2.56. The van der Waals surface area contributed by atoms with E-state index in [-0.39, 0.29) is 17.8 Å². The van der Waals surface area contributed by atoms with Gasteiger partial charge in [0.15, 0.2) is 0 Å². The van der Waals surface area contributed by atoms with E-state index in [0.717, 1.165) is 0 Å². The molecule has 0 aliphatic heterocycles. The van der Waals surface area contributed by atoms with Crippen molar-refractivity contribution in [1.82, 2.24) is 15.3 Å². The van der Waals surface area contributed by atoms with Crippen LogP contribution >= 0.6 is 0 Å². The van der Waals surface area contributed by atoms with Crippen molar-refractivity contribution in [1.29, 1.82) is 0 Å². The van der Waals surface area contributed by atoms with Crippen LogP contribution in [-0.4, -0.2) is 21.9 Å². The molecule has 2 rings (SSSR count). The van der Waals surface area contributed by atoms with Crippen LogP contribution in [0.25, 0.3) is 6.08 Å². The molecule has 108 valence electrons. The van der Waals surface area contributed by atoms with Gasteiger partial charge in [0, 0.05) is 24.5 Å². The Balaban J connectivity index is 1.88. The van der Waals surface area contributed by atoms with E-state index in [2.05, 4.69) is 15.3 Å². The Morgan fingerprint density at radius 3 is 2.90 bits per heavy atom. The van der Waals surface area contributed by atoms with Gasteiger partial charge in [0.25, 0.3) is 0 Å². The topological polar surface area (TPSA) is 54.9 Å². The second-order valence-electron chi connectivity index (χ2n) is 4.67. The van der Waals surface area contributed by atoms with Gasteiger partial charge in [-0.2, -0.15) is 0 Å². The van der Waals surface area contributed by atoms with E-state index in [0.29, 0.717) is 17.7 Å². The molecule has 0 fully saturated rings. The standard InChI is InChI=1S/C16H16FN3O/c1-12(10-13-4-2-3-5-15(13)17)20-16(21)7-6-14-11-18-8-9-19-14/h2-9,11-12H,10H2,1H3,(H,20,21)/b7-6+. The molecule has 0 aliphatic carbocycles. The van der Waals surface area contributed by atoms with Crippen molar-refractivity contribution in [3.05, 3.63) is 66.0 Å². The lowest BCUT2D eigenvalue weighted by atomic mass is 10.1. The molecule has 2 aromatic rings. The zero-order valence-electron chi connectivity index (χ0n) is 11.7. The summed E-state index contributed by atoms with van der Waals surface area (Å²) in [5, 5.41) is 2.79. The van der Waals surface area contributed by atoms with Gasteiger partial charge in [-0.25, -0.2) is 4.39 Å².